The lowest BCUT2D eigenvalue weighted by Gasteiger charge is -2.09. The van der Waals surface area contributed by atoms with E-state index >= 15 is 0 Å². The first-order valence-corrected chi connectivity index (χ1v) is 4.02. The molecule has 10 heavy (non-hydrogen) atoms. The molecule has 0 aliphatic carbocycles. The van der Waals surface area contributed by atoms with Gasteiger partial charge >= 0.3 is 0 Å². The molecule has 0 saturated heterocycles. The van der Waals surface area contributed by atoms with Crippen molar-refractivity contribution in [2.45, 2.75) is 20.0 Å². The van der Waals surface area contributed by atoms with Gasteiger partial charge in [0.15, 0.2) is 0 Å². The van der Waals surface area contributed by atoms with E-state index in [1.165, 1.54) is 0 Å². The SMILES string of the molecule is CC(C)COCC(O)CCl. The average Bonchev–Trinajstić information content (AvgIpc) is 1.87. The molecule has 1 unspecified atom stereocenters. The van der Waals surface area contributed by atoms with Gasteiger partial charge in [-0.05, 0) is 5.92 Å². The molecule has 0 aliphatic rings. The second-order valence-electron chi connectivity index (χ2n) is 2.74. The van der Waals surface area contributed by atoms with Gasteiger partial charge in [0.1, 0.15) is 0 Å². The maximum atomic E-state index is 8.91. The highest BCUT2D eigenvalue weighted by atomic mass is 35.5. The smallest absolute Gasteiger partial charge is 0.0908 e. The minimum absolute atomic E-state index is 0.248. The molecule has 2 nitrogen and oxygen atoms in total. The zero-order valence-electron chi connectivity index (χ0n) is 6.51. The van der Waals surface area contributed by atoms with E-state index in [2.05, 4.69) is 13.8 Å². The van der Waals surface area contributed by atoms with E-state index in [0.29, 0.717) is 19.1 Å². The maximum absolute atomic E-state index is 8.91. The van der Waals surface area contributed by atoms with Crippen LogP contribution < -0.4 is 0 Å². The molecule has 62 valence electrons. The Balaban J connectivity index is 3.03. The molecule has 0 spiro atoms. The third-order valence-corrected chi connectivity index (χ3v) is 1.30. The average molecular weight is 167 g/mol. The lowest BCUT2D eigenvalue weighted by atomic mass is 10.2. The second-order valence-corrected chi connectivity index (χ2v) is 3.05. The highest BCUT2D eigenvalue weighted by Gasteiger charge is 2.01. The van der Waals surface area contributed by atoms with Crippen molar-refractivity contribution in [3.8, 4) is 0 Å². The van der Waals surface area contributed by atoms with Crippen molar-refractivity contribution < 1.29 is 9.84 Å². The van der Waals surface area contributed by atoms with Crippen LogP contribution in [-0.4, -0.2) is 30.3 Å². The van der Waals surface area contributed by atoms with Gasteiger partial charge in [-0.2, -0.15) is 0 Å². The van der Waals surface area contributed by atoms with Gasteiger partial charge in [-0.1, -0.05) is 13.8 Å². The van der Waals surface area contributed by atoms with Crippen LogP contribution in [0.1, 0.15) is 13.8 Å². The third kappa shape index (κ3) is 6.33. The minimum atomic E-state index is -0.514. The fraction of sp³-hybridized carbons (Fsp3) is 1.00. The van der Waals surface area contributed by atoms with E-state index in [-0.39, 0.29) is 5.88 Å². The summed E-state index contributed by atoms with van der Waals surface area (Å²) in [5.41, 5.74) is 0. The molecule has 1 atom stereocenters. The number of hydrogen-bond donors (Lipinski definition) is 1. The number of rotatable bonds is 5. The van der Waals surface area contributed by atoms with Crippen molar-refractivity contribution in [1.29, 1.82) is 0 Å². The number of aliphatic hydroxyl groups excluding tert-OH is 1. The number of halogens is 1. The van der Waals surface area contributed by atoms with E-state index in [9.17, 15) is 0 Å². The van der Waals surface area contributed by atoms with Crippen molar-refractivity contribution in [2.75, 3.05) is 19.1 Å². The van der Waals surface area contributed by atoms with Crippen LogP contribution in [0.15, 0.2) is 0 Å². The van der Waals surface area contributed by atoms with Crippen LogP contribution in [0.25, 0.3) is 0 Å². The summed E-state index contributed by atoms with van der Waals surface area (Å²) in [4.78, 5) is 0. The summed E-state index contributed by atoms with van der Waals surface area (Å²) in [7, 11) is 0. The van der Waals surface area contributed by atoms with Gasteiger partial charge in [0.05, 0.1) is 18.6 Å². The number of alkyl halides is 1. The Morgan fingerprint density at radius 2 is 2.00 bits per heavy atom. The number of hydrogen-bond acceptors (Lipinski definition) is 2. The van der Waals surface area contributed by atoms with Crippen LogP contribution in [0.3, 0.4) is 0 Å². The van der Waals surface area contributed by atoms with E-state index in [4.69, 9.17) is 21.4 Å². The molecule has 0 aromatic carbocycles. The quantitative estimate of drug-likeness (QED) is 0.624. The van der Waals surface area contributed by atoms with Gasteiger partial charge in [-0.15, -0.1) is 11.6 Å². The van der Waals surface area contributed by atoms with Gasteiger partial charge in [0.25, 0.3) is 0 Å². The standard InChI is InChI=1S/C7H15ClO2/c1-6(2)4-10-5-7(9)3-8/h6-7,9H,3-5H2,1-2H3. The molecule has 0 saturated carbocycles. The Morgan fingerprint density at radius 1 is 1.40 bits per heavy atom. The van der Waals surface area contributed by atoms with Crippen LogP contribution in [0.5, 0.6) is 0 Å². The fourth-order valence-electron chi connectivity index (χ4n) is 0.484. The lowest BCUT2D eigenvalue weighted by Crippen LogP contribution is -2.18. The second kappa shape index (κ2) is 5.96. The molecule has 0 amide bonds. The molecule has 1 N–H and O–H groups in total. The number of ether oxygens (including phenoxy) is 1. The van der Waals surface area contributed by atoms with Crippen LogP contribution in [0.2, 0.25) is 0 Å². The molecule has 3 heteroatoms. The molecule has 0 rings (SSSR count). The molecule has 0 heterocycles. The topological polar surface area (TPSA) is 29.5 Å². The first kappa shape index (κ1) is 10.2. The van der Waals surface area contributed by atoms with Gasteiger partial charge in [-0.3, -0.25) is 0 Å². The summed E-state index contributed by atoms with van der Waals surface area (Å²) in [6.07, 6.45) is -0.514. The Hall–Kier alpha value is 0.210. The largest absolute Gasteiger partial charge is 0.389 e. The van der Waals surface area contributed by atoms with Crippen molar-refractivity contribution >= 4 is 11.6 Å². The van der Waals surface area contributed by atoms with Gasteiger partial charge in [0.2, 0.25) is 0 Å². The maximum Gasteiger partial charge on any atom is 0.0908 e. The molecule has 0 aliphatic heterocycles. The molecule has 0 aromatic heterocycles. The molecular formula is C7H15ClO2. The fourth-order valence-corrected chi connectivity index (χ4v) is 0.573. The van der Waals surface area contributed by atoms with Gasteiger partial charge in [0, 0.05) is 6.61 Å². The Labute approximate surface area is 67.1 Å². The van der Waals surface area contributed by atoms with Crippen molar-refractivity contribution in [2.24, 2.45) is 5.92 Å². The molecular weight excluding hydrogens is 152 g/mol. The first-order chi connectivity index (χ1) is 4.66. The summed E-state index contributed by atoms with van der Waals surface area (Å²) >= 11 is 5.34. The van der Waals surface area contributed by atoms with Crippen LogP contribution in [0.4, 0.5) is 0 Å². The zero-order chi connectivity index (χ0) is 7.98. The monoisotopic (exact) mass is 166 g/mol. The normalized spacial score (nSPS) is 14.1. The Kier molecular flexibility index (Phi) is 6.08. The van der Waals surface area contributed by atoms with Crippen molar-refractivity contribution in [3.05, 3.63) is 0 Å². The van der Waals surface area contributed by atoms with Gasteiger partial charge < -0.3 is 9.84 Å². The minimum Gasteiger partial charge on any atom is -0.389 e. The Bertz CT molecular complexity index is 76.0. The van der Waals surface area contributed by atoms with Gasteiger partial charge in [-0.25, -0.2) is 0 Å². The van der Waals surface area contributed by atoms with Crippen LogP contribution >= 0.6 is 11.6 Å². The predicted molar refractivity (Wildman–Crippen MR) is 42.4 cm³/mol. The van der Waals surface area contributed by atoms with E-state index < -0.39 is 6.10 Å². The first-order valence-electron chi connectivity index (χ1n) is 3.48. The van der Waals surface area contributed by atoms with E-state index in [1.54, 1.807) is 0 Å². The summed E-state index contributed by atoms with van der Waals surface area (Å²) in [5.74, 6) is 0.764. The van der Waals surface area contributed by atoms with E-state index in [0.717, 1.165) is 0 Å². The molecule has 0 bridgehead atoms. The third-order valence-electron chi connectivity index (χ3n) is 0.940. The summed E-state index contributed by atoms with van der Waals surface area (Å²) in [6.45, 7) is 5.16. The van der Waals surface area contributed by atoms with Crippen molar-refractivity contribution in [1.82, 2.24) is 0 Å². The lowest BCUT2D eigenvalue weighted by molar-refractivity contribution is 0.0359. The predicted octanol–water partition coefficient (Wildman–Crippen LogP) is 1.26. The highest BCUT2D eigenvalue weighted by molar-refractivity contribution is 6.18. The molecule has 0 aromatic rings. The van der Waals surface area contributed by atoms with Crippen LogP contribution in [0, 0.1) is 5.92 Å². The van der Waals surface area contributed by atoms with Crippen molar-refractivity contribution in [3.63, 3.8) is 0 Å². The summed E-state index contributed by atoms with van der Waals surface area (Å²) in [6, 6.07) is 0. The zero-order valence-corrected chi connectivity index (χ0v) is 7.27. The summed E-state index contributed by atoms with van der Waals surface area (Å²) in [5, 5.41) is 8.91. The molecule has 0 radical (unpaired) electrons. The van der Waals surface area contributed by atoms with Crippen LogP contribution in [-0.2, 0) is 4.74 Å². The van der Waals surface area contributed by atoms with E-state index in [1.807, 2.05) is 0 Å². The highest BCUT2D eigenvalue weighted by Crippen LogP contribution is 1.94. The molecule has 0 fully saturated rings. The Morgan fingerprint density at radius 3 is 2.40 bits per heavy atom. The summed E-state index contributed by atoms with van der Waals surface area (Å²) < 4.78 is 5.11. The number of aliphatic hydroxyl groups is 1.